The minimum atomic E-state index is -3.90. The molecule has 2 unspecified atom stereocenters. The highest BCUT2D eigenvalue weighted by molar-refractivity contribution is 7.89. The van der Waals surface area contributed by atoms with Gasteiger partial charge in [0.05, 0.1) is 4.90 Å². The standard InChI is InChI=1S/C13H17F3N2O3S/c1-8-9(2)18(6-5-17-8)22(19,20)10-3-4-12(11(14)7-10)21-13(15)16/h3-4,7-9,13,17H,5-6H2,1-2H3. The van der Waals surface area contributed by atoms with E-state index in [1.807, 2.05) is 6.92 Å². The van der Waals surface area contributed by atoms with E-state index in [9.17, 15) is 21.6 Å². The molecule has 0 aromatic heterocycles. The van der Waals surface area contributed by atoms with Crippen molar-refractivity contribution in [2.45, 2.75) is 37.4 Å². The molecule has 1 aliphatic heterocycles. The summed E-state index contributed by atoms with van der Waals surface area (Å²) in [6, 6.07) is 2.31. The van der Waals surface area contributed by atoms with E-state index in [2.05, 4.69) is 10.1 Å². The Morgan fingerprint density at radius 3 is 2.64 bits per heavy atom. The SMILES string of the molecule is CC1NCCN(S(=O)(=O)c2ccc(OC(F)F)c(F)c2)C1C. The van der Waals surface area contributed by atoms with Crippen LogP contribution in [0, 0.1) is 5.82 Å². The molecule has 2 rings (SSSR count). The van der Waals surface area contributed by atoms with E-state index < -0.39 is 28.2 Å². The molecule has 0 bridgehead atoms. The minimum absolute atomic E-state index is 0.0465. The van der Waals surface area contributed by atoms with Crippen LogP contribution in [0.2, 0.25) is 0 Å². The van der Waals surface area contributed by atoms with Gasteiger partial charge >= 0.3 is 6.61 Å². The van der Waals surface area contributed by atoms with Crippen molar-refractivity contribution in [2.75, 3.05) is 13.1 Å². The van der Waals surface area contributed by atoms with E-state index in [0.717, 1.165) is 12.1 Å². The zero-order valence-corrected chi connectivity index (χ0v) is 12.9. The van der Waals surface area contributed by atoms with Crippen molar-refractivity contribution in [1.29, 1.82) is 0 Å². The molecule has 2 atom stereocenters. The minimum Gasteiger partial charge on any atom is -0.432 e. The molecule has 1 N–H and O–H groups in total. The zero-order valence-electron chi connectivity index (χ0n) is 12.1. The molecule has 0 radical (unpaired) electrons. The van der Waals surface area contributed by atoms with Gasteiger partial charge in [0, 0.05) is 25.2 Å². The smallest absolute Gasteiger partial charge is 0.387 e. The van der Waals surface area contributed by atoms with Crippen LogP contribution in [0.1, 0.15) is 13.8 Å². The lowest BCUT2D eigenvalue weighted by molar-refractivity contribution is -0.0522. The van der Waals surface area contributed by atoms with Gasteiger partial charge in [-0.25, -0.2) is 12.8 Å². The number of nitrogens with zero attached hydrogens (tertiary/aromatic N) is 1. The Balaban J connectivity index is 2.31. The normalized spacial score (nSPS) is 23.7. The number of ether oxygens (including phenoxy) is 1. The van der Waals surface area contributed by atoms with Crippen LogP contribution >= 0.6 is 0 Å². The summed E-state index contributed by atoms with van der Waals surface area (Å²) >= 11 is 0. The van der Waals surface area contributed by atoms with Crippen molar-refractivity contribution in [3.8, 4) is 5.75 Å². The van der Waals surface area contributed by atoms with Crippen LogP contribution in [0.3, 0.4) is 0 Å². The molecule has 5 nitrogen and oxygen atoms in total. The van der Waals surface area contributed by atoms with Crippen molar-refractivity contribution in [3.05, 3.63) is 24.0 Å². The molecular formula is C13H17F3N2O3S. The molecule has 1 heterocycles. The number of hydrogen-bond acceptors (Lipinski definition) is 4. The third-order valence-corrected chi connectivity index (χ3v) is 5.68. The quantitative estimate of drug-likeness (QED) is 0.909. The maximum Gasteiger partial charge on any atom is 0.387 e. The molecule has 0 saturated carbocycles. The fourth-order valence-electron chi connectivity index (χ4n) is 2.33. The molecule has 0 spiro atoms. The van der Waals surface area contributed by atoms with E-state index in [1.165, 1.54) is 4.31 Å². The van der Waals surface area contributed by atoms with Gasteiger partial charge in [0.1, 0.15) is 0 Å². The first kappa shape index (κ1) is 17.0. The van der Waals surface area contributed by atoms with Gasteiger partial charge in [-0.15, -0.1) is 0 Å². The van der Waals surface area contributed by atoms with Crippen LogP contribution in [0.15, 0.2) is 23.1 Å². The first-order valence-electron chi connectivity index (χ1n) is 6.73. The van der Waals surface area contributed by atoms with Gasteiger partial charge in [-0.05, 0) is 32.0 Å². The second-order valence-electron chi connectivity index (χ2n) is 5.07. The highest BCUT2D eigenvalue weighted by Crippen LogP contribution is 2.26. The number of nitrogens with one attached hydrogen (secondary N) is 1. The number of rotatable bonds is 4. The van der Waals surface area contributed by atoms with Gasteiger partial charge in [-0.2, -0.15) is 13.1 Å². The molecular weight excluding hydrogens is 321 g/mol. The van der Waals surface area contributed by atoms with Gasteiger partial charge in [0.2, 0.25) is 10.0 Å². The Morgan fingerprint density at radius 1 is 1.36 bits per heavy atom. The van der Waals surface area contributed by atoms with E-state index in [-0.39, 0.29) is 23.5 Å². The Labute approximate surface area is 127 Å². The van der Waals surface area contributed by atoms with Crippen LogP contribution in [0.4, 0.5) is 13.2 Å². The van der Waals surface area contributed by atoms with Gasteiger partial charge in [-0.1, -0.05) is 0 Å². The number of sulfonamides is 1. The molecule has 124 valence electrons. The summed E-state index contributed by atoms with van der Waals surface area (Å²) in [5.41, 5.74) is 0. The van der Waals surface area contributed by atoms with Crippen molar-refractivity contribution in [1.82, 2.24) is 9.62 Å². The number of halogens is 3. The Morgan fingerprint density at radius 2 is 2.05 bits per heavy atom. The summed E-state index contributed by atoms with van der Waals surface area (Å²) in [7, 11) is -3.90. The predicted octanol–water partition coefficient (Wildman–Crippen LogP) is 1.80. The lowest BCUT2D eigenvalue weighted by Crippen LogP contribution is -2.57. The molecule has 22 heavy (non-hydrogen) atoms. The molecule has 1 fully saturated rings. The predicted molar refractivity (Wildman–Crippen MR) is 73.9 cm³/mol. The highest BCUT2D eigenvalue weighted by atomic mass is 32.2. The lowest BCUT2D eigenvalue weighted by atomic mass is 10.1. The molecule has 1 saturated heterocycles. The van der Waals surface area contributed by atoms with Crippen LogP contribution in [0.5, 0.6) is 5.75 Å². The molecule has 1 aromatic carbocycles. The highest BCUT2D eigenvalue weighted by Gasteiger charge is 2.34. The fraction of sp³-hybridized carbons (Fsp3) is 0.538. The average Bonchev–Trinajstić information content (AvgIpc) is 2.43. The monoisotopic (exact) mass is 338 g/mol. The summed E-state index contributed by atoms with van der Waals surface area (Å²) < 4.78 is 68.3. The van der Waals surface area contributed by atoms with Crippen molar-refractivity contribution in [2.24, 2.45) is 0 Å². The summed E-state index contributed by atoms with van der Waals surface area (Å²) in [5.74, 6) is -1.83. The first-order chi connectivity index (χ1) is 10.2. The largest absolute Gasteiger partial charge is 0.432 e. The van der Waals surface area contributed by atoms with E-state index in [1.54, 1.807) is 6.92 Å². The van der Waals surface area contributed by atoms with E-state index >= 15 is 0 Å². The molecule has 1 aromatic rings. The Bertz CT molecular complexity index is 639. The first-order valence-corrected chi connectivity index (χ1v) is 8.17. The molecule has 0 amide bonds. The van der Waals surface area contributed by atoms with E-state index in [0.29, 0.717) is 12.6 Å². The van der Waals surface area contributed by atoms with Crippen LogP contribution < -0.4 is 10.1 Å². The third-order valence-electron chi connectivity index (χ3n) is 3.70. The third kappa shape index (κ3) is 3.36. The van der Waals surface area contributed by atoms with Gasteiger partial charge in [0.25, 0.3) is 0 Å². The Kier molecular flexibility index (Phi) is 4.98. The number of alkyl halides is 2. The summed E-state index contributed by atoms with van der Waals surface area (Å²) in [6.07, 6.45) is 0. The van der Waals surface area contributed by atoms with Crippen molar-refractivity contribution in [3.63, 3.8) is 0 Å². The summed E-state index contributed by atoms with van der Waals surface area (Å²) in [5, 5.41) is 3.14. The molecule has 0 aliphatic carbocycles. The average molecular weight is 338 g/mol. The van der Waals surface area contributed by atoms with Crippen LogP contribution in [-0.2, 0) is 10.0 Å². The Hall–Kier alpha value is -1.32. The second kappa shape index (κ2) is 6.43. The maximum absolute atomic E-state index is 13.7. The van der Waals surface area contributed by atoms with Crippen LogP contribution in [-0.4, -0.2) is 44.5 Å². The topological polar surface area (TPSA) is 58.6 Å². The van der Waals surface area contributed by atoms with Gasteiger partial charge in [-0.3, -0.25) is 0 Å². The van der Waals surface area contributed by atoms with Crippen LogP contribution in [0.25, 0.3) is 0 Å². The summed E-state index contributed by atoms with van der Waals surface area (Å²) in [4.78, 5) is -0.285. The van der Waals surface area contributed by atoms with Crippen molar-refractivity contribution >= 4 is 10.0 Å². The summed E-state index contributed by atoms with van der Waals surface area (Å²) in [6.45, 7) is 1.17. The van der Waals surface area contributed by atoms with E-state index in [4.69, 9.17) is 0 Å². The number of piperazine rings is 1. The number of benzene rings is 1. The lowest BCUT2D eigenvalue weighted by Gasteiger charge is -2.37. The zero-order chi connectivity index (χ0) is 16.5. The van der Waals surface area contributed by atoms with Gasteiger partial charge in [0.15, 0.2) is 11.6 Å². The van der Waals surface area contributed by atoms with Gasteiger partial charge < -0.3 is 10.1 Å². The molecule has 1 aliphatic rings. The second-order valence-corrected chi connectivity index (χ2v) is 6.96. The maximum atomic E-state index is 13.7. The number of hydrogen-bond donors (Lipinski definition) is 1. The van der Waals surface area contributed by atoms with Crippen molar-refractivity contribution < 1.29 is 26.3 Å². The fourth-order valence-corrected chi connectivity index (χ4v) is 4.05. The molecule has 9 heteroatoms.